The lowest BCUT2D eigenvalue weighted by Gasteiger charge is -2.03. The van der Waals surface area contributed by atoms with E-state index in [9.17, 15) is 8.42 Å². The Hall–Kier alpha value is -2.12. The van der Waals surface area contributed by atoms with E-state index in [4.69, 9.17) is 0 Å². The predicted octanol–water partition coefficient (Wildman–Crippen LogP) is 2.52. The molecule has 0 aliphatic rings. The van der Waals surface area contributed by atoms with Crippen molar-refractivity contribution in [2.24, 2.45) is 0 Å². The van der Waals surface area contributed by atoms with Crippen molar-refractivity contribution >= 4 is 9.84 Å². The summed E-state index contributed by atoms with van der Waals surface area (Å²) in [7, 11) is -3.16. The fraction of sp³-hybridized carbons (Fsp3) is 0.133. The highest BCUT2D eigenvalue weighted by molar-refractivity contribution is 7.90. The van der Waals surface area contributed by atoms with Gasteiger partial charge in [-0.25, -0.2) is 8.42 Å². The normalized spacial score (nSPS) is 10.6. The minimum absolute atomic E-state index is 0.314. The lowest BCUT2D eigenvalue weighted by atomic mass is 10.1. The fourth-order valence-electron chi connectivity index (χ4n) is 1.71. The second-order valence-corrected chi connectivity index (χ2v) is 6.15. The molecule has 96 valence electrons. The molecule has 0 spiro atoms. The maximum Gasteiger partial charge on any atom is 0.175 e. The van der Waals surface area contributed by atoms with Gasteiger partial charge in [-0.2, -0.15) is 0 Å². The lowest BCUT2D eigenvalue weighted by Crippen LogP contribution is -1.96. The van der Waals surface area contributed by atoms with Crippen molar-refractivity contribution in [3.05, 3.63) is 48.3 Å². The van der Waals surface area contributed by atoms with E-state index in [2.05, 4.69) is 16.8 Å². The summed E-state index contributed by atoms with van der Waals surface area (Å²) in [4.78, 5) is 4.44. The molecule has 1 aromatic carbocycles. The van der Waals surface area contributed by atoms with Crippen LogP contribution < -0.4 is 0 Å². The second-order valence-electron chi connectivity index (χ2n) is 4.13. The Labute approximate surface area is 113 Å². The zero-order chi connectivity index (χ0) is 13.9. The molecule has 0 amide bonds. The van der Waals surface area contributed by atoms with E-state index >= 15 is 0 Å². The standard InChI is InChI=1S/C15H13NO2S/c1-3-4-12-9-14(11-16-10-12)13-5-7-15(8-6-13)19(2,17)18/h5-11H,1-2H3. The van der Waals surface area contributed by atoms with Crippen LogP contribution >= 0.6 is 0 Å². The maximum absolute atomic E-state index is 11.4. The van der Waals surface area contributed by atoms with Crippen molar-refractivity contribution in [1.82, 2.24) is 4.98 Å². The maximum atomic E-state index is 11.4. The first-order valence-electron chi connectivity index (χ1n) is 5.69. The van der Waals surface area contributed by atoms with Gasteiger partial charge in [0.1, 0.15) is 0 Å². The van der Waals surface area contributed by atoms with Crippen molar-refractivity contribution in [3.8, 4) is 23.0 Å². The van der Waals surface area contributed by atoms with Crippen molar-refractivity contribution in [3.63, 3.8) is 0 Å². The largest absolute Gasteiger partial charge is 0.263 e. The Bertz CT molecular complexity index is 751. The van der Waals surface area contributed by atoms with Crippen LogP contribution in [0.1, 0.15) is 12.5 Å². The number of hydrogen-bond donors (Lipinski definition) is 0. The summed E-state index contributed by atoms with van der Waals surface area (Å²) < 4.78 is 22.8. The van der Waals surface area contributed by atoms with Crippen LogP contribution in [0.2, 0.25) is 0 Å². The second kappa shape index (κ2) is 5.25. The Kier molecular flexibility index (Phi) is 3.68. The SMILES string of the molecule is CC#Cc1cncc(-c2ccc(S(C)(=O)=O)cc2)c1. The van der Waals surface area contributed by atoms with Gasteiger partial charge in [-0.05, 0) is 30.7 Å². The number of sulfone groups is 1. The van der Waals surface area contributed by atoms with Crippen LogP contribution in [0.25, 0.3) is 11.1 Å². The zero-order valence-electron chi connectivity index (χ0n) is 10.7. The first-order chi connectivity index (χ1) is 9.00. The zero-order valence-corrected chi connectivity index (χ0v) is 11.5. The first-order valence-corrected chi connectivity index (χ1v) is 7.58. The number of rotatable bonds is 2. The smallest absolute Gasteiger partial charge is 0.175 e. The van der Waals surface area contributed by atoms with Crippen LogP contribution in [0.4, 0.5) is 0 Å². The molecule has 4 heteroatoms. The molecular weight excluding hydrogens is 258 g/mol. The van der Waals surface area contributed by atoms with E-state index in [1.165, 1.54) is 6.26 Å². The topological polar surface area (TPSA) is 47.0 Å². The number of pyridine rings is 1. The summed E-state index contributed by atoms with van der Waals surface area (Å²) in [5.74, 6) is 5.77. The molecule has 0 saturated carbocycles. The van der Waals surface area contributed by atoms with Gasteiger partial charge in [-0.3, -0.25) is 4.98 Å². The van der Waals surface area contributed by atoms with E-state index in [1.54, 1.807) is 43.6 Å². The highest BCUT2D eigenvalue weighted by Crippen LogP contribution is 2.21. The van der Waals surface area contributed by atoms with Crippen molar-refractivity contribution < 1.29 is 8.42 Å². The average Bonchev–Trinajstić information content (AvgIpc) is 2.39. The molecule has 0 bridgehead atoms. The van der Waals surface area contributed by atoms with Gasteiger partial charge in [0.25, 0.3) is 0 Å². The van der Waals surface area contributed by atoms with Gasteiger partial charge >= 0.3 is 0 Å². The first kappa shape index (κ1) is 13.3. The third-order valence-electron chi connectivity index (χ3n) is 2.62. The molecule has 1 aromatic heterocycles. The summed E-state index contributed by atoms with van der Waals surface area (Å²) in [6.07, 6.45) is 4.63. The molecule has 0 fully saturated rings. The van der Waals surface area contributed by atoms with E-state index in [0.29, 0.717) is 4.90 Å². The van der Waals surface area contributed by atoms with E-state index in [1.807, 2.05) is 6.07 Å². The van der Waals surface area contributed by atoms with E-state index in [0.717, 1.165) is 16.7 Å². The minimum Gasteiger partial charge on any atom is -0.263 e. The third-order valence-corrected chi connectivity index (χ3v) is 3.75. The van der Waals surface area contributed by atoms with Gasteiger partial charge in [0.2, 0.25) is 0 Å². The van der Waals surface area contributed by atoms with E-state index < -0.39 is 9.84 Å². The van der Waals surface area contributed by atoms with Crippen LogP contribution in [-0.2, 0) is 9.84 Å². The van der Waals surface area contributed by atoms with Crippen molar-refractivity contribution in [2.75, 3.05) is 6.26 Å². The molecule has 19 heavy (non-hydrogen) atoms. The fourth-order valence-corrected chi connectivity index (χ4v) is 2.34. The molecule has 0 aliphatic heterocycles. The Morgan fingerprint density at radius 1 is 1.05 bits per heavy atom. The summed E-state index contributed by atoms with van der Waals surface area (Å²) in [6.45, 7) is 1.77. The lowest BCUT2D eigenvalue weighted by molar-refractivity contribution is 0.602. The number of nitrogens with zero attached hydrogens (tertiary/aromatic N) is 1. The Balaban J connectivity index is 2.42. The van der Waals surface area contributed by atoms with Gasteiger partial charge in [0, 0.05) is 29.8 Å². The molecule has 1 heterocycles. The Morgan fingerprint density at radius 2 is 1.74 bits per heavy atom. The van der Waals surface area contributed by atoms with Gasteiger partial charge in [-0.1, -0.05) is 18.1 Å². The minimum atomic E-state index is -3.16. The monoisotopic (exact) mass is 271 g/mol. The molecule has 0 unspecified atom stereocenters. The summed E-state index contributed by atoms with van der Waals surface area (Å²) in [6, 6.07) is 8.68. The number of hydrogen-bond acceptors (Lipinski definition) is 3. The highest BCUT2D eigenvalue weighted by atomic mass is 32.2. The van der Waals surface area contributed by atoms with Gasteiger partial charge < -0.3 is 0 Å². The molecule has 3 nitrogen and oxygen atoms in total. The van der Waals surface area contributed by atoms with Crippen molar-refractivity contribution in [1.29, 1.82) is 0 Å². The van der Waals surface area contributed by atoms with Gasteiger partial charge in [0.05, 0.1) is 4.90 Å². The molecule has 0 N–H and O–H groups in total. The van der Waals surface area contributed by atoms with E-state index in [-0.39, 0.29) is 0 Å². The molecule has 2 aromatic rings. The number of benzene rings is 1. The average molecular weight is 271 g/mol. The van der Waals surface area contributed by atoms with Crippen LogP contribution in [0.15, 0.2) is 47.6 Å². The molecule has 0 radical (unpaired) electrons. The van der Waals surface area contributed by atoms with Crippen LogP contribution in [0.3, 0.4) is 0 Å². The molecule has 0 saturated heterocycles. The third kappa shape index (κ3) is 3.21. The van der Waals surface area contributed by atoms with Gasteiger partial charge in [0.15, 0.2) is 9.84 Å². The summed E-state index contributed by atoms with van der Waals surface area (Å²) in [5.41, 5.74) is 2.67. The quantitative estimate of drug-likeness (QED) is 0.788. The molecule has 0 atom stereocenters. The number of aromatic nitrogens is 1. The molecule has 0 aliphatic carbocycles. The summed E-state index contributed by atoms with van der Waals surface area (Å²) in [5, 5.41) is 0. The molecule has 2 rings (SSSR count). The summed E-state index contributed by atoms with van der Waals surface area (Å²) >= 11 is 0. The predicted molar refractivity (Wildman–Crippen MR) is 75.3 cm³/mol. The van der Waals surface area contributed by atoms with Gasteiger partial charge in [-0.15, -0.1) is 5.92 Å². The molecular formula is C15H13NO2S. The van der Waals surface area contributed by atoms with Crippen LogP contribution in [0, 0.1) is 11.8 Å². The highest BCUT2D eigenvalue weighted by Gasteiger charge is 2.07. The van der Waals surface area contributed by atoms with Crippen LogP contribution in [-0.4, -0.2) is 19.7 Å². The Morgan fingerprint density at radius 3 is 2.32 bits per heavy atom. The van der Waals surface area contributed by atoms with Crippen molar-refractivity contribution in [2.45, 2.75) is 11.8 Å². The van der Waals surface area contributed by atoms with Crippen LogP contribution in [0.5, 0.6) is 0 Å².